The maximum Gasteiger partial charge on any atom is 0.131 e. The van der Waals surface area contributed by atoms with Crippen molar-refractivity contribution >= 4 is 0 Å². The molecule has 0 saturated heterocycles. The quantitative estimate of drug-likeness (QED) is 0.840. The van der Waals surface area contributed by atoms with Gasteiger partial charge in [0.2, 0.25) is 0 Å². The Bertz CT molecular complexity index is 332. The molecular weight excluding hydrogens is 200 g/mol. The summed E-state index contributed by atoms with van der Waals surface area (Å²) in [6.07, 6.45) is 0. The van der Waals surface area contributed by atoms with Crippen molar-refractivity contribution < 1.29 is 13.5 Å². The number of hydrogen-bond donors (Lipinski definition) is 1. The van der Waals surface area contributed by atoms with Crippen molar-refractivity contribution in [1.29, 1.82) is 0 Å². The SMILES string of the molecule is COC(C)(C)C(N)c1c(F)cccc1F. The van der Waals surface area contributed by atoms with E-state index in [-0.39, 0.29) is 5.56 Å². The molecule has 1 aromatic carbocycles. The predicted octanol–water partition coefficient (Wildman–Crippen LogP) is 2.39. The van der Waals surface area contributed by atoms with E-state index in [0.29, 0.717) is 0 Å². The maximum absolute atomic E-state index is 13.4. The zero-order chi connectivity index (χ0) is 11.6. The molecule has 15 heavy (non-hydrogen) atoms. The van der Waals surface area contributed by atoms with Crippen LogP contribution >= 0.6 is 0 Å². The van der Waals surface area contributed by atoms with E-state index in [9.17, 15) is 8.78 Å². The Morgan fingerprint density at radius 3 is 2.13 bits per heavy atom. The number of ether oxygens (including phenoxy) is 1. The highest BCUT2D eigenvalue weighted by Gasteiger charge is 2.31. The first-order chi connectivity index (χ1) is 6.90. The molecule has 2 N–H and O–H groups in total. The zero-order valence-electron chi connectivity index (χ0n) is 9.05. The molecule has 1 rings (SSSR count). The lowest BCUT2D eigenvalue weighted by Gasteiger charge is -2.30. The Morgan fingerprint density at radius 2 is 1.73 bits per heavy atom. The highest BCUT2D eigenvalue weighted by Crippen LogP contribution is 2.29. The average Bonchev–Trinajstić information content (AvgIpc) is 2.17. The van der Waals surface area contributed by atoms with E-state index in [2.05, 4.69) is 0 Å². The Morgan fingerprint density at radius 1 is 1.27 bits per heavy atom. The van der Waals surface area contributed by atoms with Gasteiger partial charge in [-0.3, -0.25) is 0 Å². The van der Waals surface area contributed by atoms with Gasteiger partial charge in [-0.05, 0) is 26.0 Å². The van der Waals surface area contributed by atoms with Gasteiger partial charge in [0.15, 0.2) is 0 Å². The first kappa shape index (κ1) is 12.1. The number of halogens is 2. The lowest BCUT2D eigenvalue weighted by molar-refractivity contribution is -0.00182. The molecule has 0 heterocycles. The largest absolute Gasteiger partial charge is 0.377 e. The Labute approximate surface area is 88.0 Å². The summed E-state index contributed by atoms with van der Waals surface area (Å²) in [7, 11) is 1.46. The topological polar surface area (TPSA) is 35.2 Å². The second-order valence-electron chi connectivity index (χ2n) is 3.92. The smallest absolute Gasteiger partial charge is 0.131 e. The zero-order valence-corrected chi connectivity index (χ0v) is 9.05. The number of rotatable bonds is 3. The van der Waals surface area contributed by atoms with Crippen LogP contribution in [-0.4, -0.2) is 12.7 Å². The van der Waals surface area contributed by atoms with Crippen LogP contribution in [0.5, 0.6) is 0 Å². The van der Waals surface area contributed by atoms with Crippen LogP contribution in [-0.2, 0) is 4.74 Å². The standard InChI is InChI=1S/C11H15F2NO/c1-11(2,15-3)10(14)9-7(12)5-4-6-8(9)13/h4-6,10H,14H2,1-3H3. The summed E-state index contributed by atoms with van der Waals surface area (Å²) in [6.45, 7) is 3.37. The number of methoxy groups -OCH3 is 1. The molecule has 0 saturated carbocycles. The lowest BCUT2D eigenvalue weighted by Crippen LogP contribution is -2.38. The van der Waals surface area contributed by atoms with Gasteiger partial charge in [0.1, 0.15) is 11.6 Å². The molecule has 1 atom stereocenters. The molecule has 0 aliphatic rings. The van der Waals surface area contributed by atoms with Gasteiger partial charge in [-0.25, -0.2) is 8.78 Å². The van der Waals surface area contributed by atoms with Crippen LogP contribution in [0.2, 0.25) is 0 Å². The van der Waals surface area contributed by atoms with Crippen LogP contribution < -0.4 is 5.73 Å². The summed E-state index contributed by atoms with van der Waals surface area (Å²) < 4.78 is 31.9. The minimum atomic E-state index is -0.844. The number of hydrogen-bond acceptors (Lipinski definition) is 2. The lowest BCUT2D eigenvalue weighted by atomic mass is 9.92. The van der Waals surface area contributed by atoms with E-state index in [0.717, 1.165) is 0 Å². The third kappa shape index (κ3) is 2.33. The Kier molecular flexibility index (Phi) is 3.42. The van der Waals surface area contributed by atoms with Crippen LogP contribution in [0.3, 0.4) is 0 Å². The summed E-state index contributed by atoms with van der Waals surface area (Å²) in [5, 5.41) is 0. The van der Waals surface area contributed by atoms with Gasteiger partial charge in [-0.2, -0.15) is 0 Å². The van der Waals surface area contributed by atoms with Gasteiger partial charge in [0, 0.05) is 12.7 Å². The van der Waals surface area contributed by atoms with Gasteiger partial charge < -0.3 is 10.5 Å². The van der Waals surface area contributed by atoms with Crippen LogP contribution in [0.4, 0.5) is 8.78 Å². The highest BCUT2D eigenvalue weighted by atomic mass is 19.1. The molecule has 1 unspecified atom stereocenters. The van der Waals surface area contributed by atoms with E-state index in [1.807, 2.05) is 0 Å². The van der Waals surface area contributed by atoms with E-state index >= 15 is 0 Å². The molecule has 0 fully saturated rings. The van der Waals surface area contributed by atoms with E-state index in [1.54, 1.807) is 13.8 Å². The number of benzene rings is 1. The first-order valence-corrected chi connectivity index (χ1v) is 4.65. The Hall–Kier alpha value is -1.00. The summed E-state index contributed by atoms with van der Waals surface area (Å²) in [6, 6.07) is 2.83. The Balaban J connectivity index is 3.16. The molecule has 0 radical (unpaired) electrons. The molecule has 0 spiro atoms. The van der Waals surface area contributed by atoms with Crippen molar-refractivity contribution in [1.82, 2.24) is 0 Å². The molecule has 0 aliphatic carbocycles. The molecular formula is C11H15F2NO. The number of nitrogens with two attached hydrogens (primary N) is 1. The van der Waals surface area contributed by atoms with E-state index in [4.69, 9.17) is 10.5 Å². The molecule has 4 heteroatoms. The normalized spacial score (nSPS) is 14.0. The van der Waals surface area contributed by atoms with Gasteiger partial charge in [0.25, 0.3) is 0 Å². The molecule has 0 aliphatic heterocycles. The van der Waals surface area contributed by atoms with Gasteiger partial charge in [-0.15, -0.1) is 0 Å². The maximum atomic E-state index is 13.4. The summed E-state index contributed by atoms with van der Waals surface area (Å²) in [5.41, 5.74) is 4.83. The monoisotopic (exact) mass is 215 g/mol. The van der Waals surface area contributed by atoms with Crippen LogP contribution in [0.25, 0.3) is 0 Å². The van der Waals surface area contributed by atoms with Crippen molar-refractivity contribution in [3.8, 4) is 0 Å². The molecule has 0 bridgehead atoms. The molecule has 2 nitrogen and oxygen atoms in total. The van der Waals surface area contributed by atoms with Gasteiger partial charge in [0.05, 0.1) is 11.6 Å². The molecule has 84 valence electrons. The third-order valence-electron chi connectivity index (χ3n) is 2.59. The van der Waals surface area contributed by atoms with Crippen molar-refractivity contribution in [2.24, 2.45) is 5.73 Å². The van der Waals surface area contributed by atoms with Crippen molar-refractivity contribution in [2.45, 2.75) is 25.5 Å². The van der Waals surface area contributed by atoms with Crippen LogP contribution in [0.15, 0.2) is 18.2 Å². The second-order valence-corrected chi connectivity index (χ2v) is 3.92. The minimum Gasteiger partial charge on any atom is -0.377 e. The van der Waals surface area contributed by atoms with Crippen molar-refractivity contribution in [3.05, 3.63) is 35.4 Å². The molecule has 0 aromatic heterocycles. The minimum absolute atomic E-state index is 0.135. The summed E-state index contributed by atoms with van der Waals surface area (Å²) >= 11 is 0. The second kappa shape index (κ2) is 4.24. The first-order valence-electron chi connectivity index (χ1n) is 4.65. The fraction of sp³-hybridized carbons (Fsp3) is 0.455. The summed E-state index contributed by atoms with van der Waals surface area (Å²) in [4.78, 5) is 0. The predicted molar refractivity (Wildman–Crippen MR) is 54.4 cm³/mol. The summed E-state index contributed by atoms with van der Waals surface area (Å²) in [5.74, 6) is -1.29. The fourth-order valence-electron chi connectivity index (χ4n) is 1.28. The van der Waals surface area contributed by atoms with Gasteiger partial charge >= 0.3 is 0 Å². The highest BCUT2D eigenvalue weighted by molar-refractivity contribution is 5.25. The van der Waals surface area contributed by atoms with Gasteiger partial charge in [-0.1, -0.05) is 6.07 Å². The van der Waals surface area contributed by atoms with E-state index in [1.165, 1.54) is 25.3 Å². The average molecular weight is 215 g/mol. The van der Waals surface area contributed by atoms with Crippen LogP contribution in [0.1, 0.15) is 25.5 Å². The fourth-order valence-corrected chi connectivity index (χ4v) is 1.28. The van der Waals surface area contributed by atoms with Crippen molar-refractivity contribution in [2.75, 3.05) is 7.11 Å². The third-order valence-corrected chi connectivity index (χ3v) is 2.59. The van der Waals surface area contributed by atoms with Crippen molar-refractivity contribution in [3.63, 3.8) is 0 Å². The van der Waals surface area contributed by atoms with E-state index < -0.39 is 23.3 Å². The molecule has 0 amide bonds. The molecule has 1 aromatic rings. The van der Waals surface area contributed by atoms with Crippen LogP contribution in [0, 0.1) is 11.6 Å².